The quantitative estimate of drug-likeness (QED) is 0.661. The zero-order chi connectivity index (χ0) is 10.0. The van der Waals surface area contributed by atoms with E-state index in [-0.39, 0.29) is 12.0 Å². The van der Waals surface area contributed by atoms with E-state index in [1.165, 1.54) is 0 Å². The Hall–Kier alpha value is -0.600. The Morgan fingerprint density at radius 2 is 2.31 bits per heavy atom. The maximum Gasteiger partial charge on any atom is 0.104 e. The molecule has 0 saturated carbocycles. The second-order valence-electron chi connectivity index (χ2n) is 3.78. The van der Waals surface area contributed by atoms with Crippen LogP contribution >= 0.6 is 0 Å². The fourth-order valence-corrected chi connectivity index (χ4v) is 1.87. The summed E-state index contributed by atoms with van der Waals surface area (Å²) >= 11 is 0. The van der Waals surface area contributed by atoms with Crippen molar-refractivity contribution < 1.29 is 9.84 Å². The fourth-order valence-electron chi connectivity index (χ4n) is 1.87. The van der Waals surface area contributed by atoms with Gasteiger partial charge in [-0.1, -0.05) is 18.2 Å². The summed E-state index contributed by atoms with van der Waals surface area (Å²) in [6, 6.07) is 0. The van der Waals surface area contributed by atoms with Crippen molar-refractivity contribution in [3.05, 3.63) is 23.8 Å². The molecule has 1 aliphatic carbocycles. The van der Waals surface area contributed by atoms with Gasteiger partial charge in [-0.05, 0) is 25.8 Å². The van der Waals surface area contributed by atoms with Gasteiger partial charge in [-0.3, -0.25) is 0 Å². The highest BCUT2D eigenvalue weighted by Gasteiger charge is 2.32. The lowest BCUT2D eigenvalue weighted by atomic mass is 9.81. The second kappa shape index (κ2) is 4.07. The van der Waals surface area contributed by atoms with Gasteiger partial charge in [0.05, 0.1) is 6.10 Å². The van der Waals surface area contributed by atoms with Gasteiger partial charge in [0.2, 0.25) is 0 Å². The number of rotatable bonds is 2. The first-order valence-electron chi connectivity index (χ1n) is 4.60. The predicted molar refractivity (Wildman–Crippen MR) is 53.5 cm³/mol. The highest BCUT2D eigenvalue weighted by molar-refractivity contribution is 5.18. The molecule has 2 heteroatoms. The molecule has 74 valence electrons. The molecular weight excluding hydrogens is 164 g/mol. The SMILES string of the molecule is C=C(C)C1CC=C(C)C(OC)C1O. The molecule has 2 nitrogen and oxygen atoms in total. The van der Waals surface area contributed by atoms with Crippen LogP contribution in [0.3, 0.4) is 0 Å². The van der Waals surface area contributed by atoms with E-state index in [1.807, 2.05) is 13.8 Å². The molecule has 3 unspecified atom stereocenters. The lowest BCUT2D eigenvalue weighted by Gasteiger charge is -2.33. The van der Waals surface area contributed by atoms with Crippen LogP contribution in [0.2, 0.25) is 0 Å². The summed E-state index contributed by atoms with van der Waals surface area (Å²) in [6.45, 7) is 7.82. The van der Waals surface area contributed by atoms with Crippen molar-refractivity contribution in [3.63, 3.8) is 0 Å². The van der Waals surface area contributed by atoms with E-state index in [4.69, 9.17) is 4.74 Å². The third-order valence-electron chi connectivity index (χ3n) is 2.75. The van der Waals surface area contributed by atoms with Crippen LogP contribution in [-0.2, 0) is 4.74 Å². The van der Waals surface area contributed by atoms with Crippen LogP contribution in [0.15, 0.2) is 23.8 Å². The van der Waals surface area contributed by atoms with Crippen molar-refractivity contribution in [1.29, 1.82) is 0 Å². The molecule has 1 rings (SSSR count). The standard InChI is InChI=1S/C11H18O2/c1-7(2)9-6-5-8(3)11(13-4)10(9)12/h5,9-12H,1,6H2,2-4H3. The van der Waals surface area contributed by atoms with E-state index in [1.54, 1.807) is 7.11 Å². The highest BCUT2D eigenvalue weighted by atomic mass is 16.5. The number of methoxy groups -OCH3 is 1. The number of aliphatic hydroxyl groups excluding tert-OH is 1. The summed E-state index contributed by atoms with van der Waals surface area (Å²) in [6.07, 6.45) is 2.41. The van der Waals surface area contributed by atoms with Crippen LogP contribution in [-0.4, -0.2) is 24.4 Å². The monoisotopic (exact) mass is 182 g/mol. The van der Waals surface area contributed by atoms with Gasteiger partial charge in [0, 0.05) is 13.0 Å². The van der Waals surface area contributed by atoms with E-state index in [9.17, 15) is 5.11 Å². The molecule has 0 aromatic carbocycles. The van der Waals surface area contributed by atoms with Gasteiger partial charge in [-0.15, -0.1) is 0 Å². The molecule has 0 saturated heterocycles. The van der Waals surface area contributed by atoms with Crippen molar-refractivity contribution in [1.82, 2.24) is 0 Å². The molecule has 0 fully saturated rings. The molecular formula is C11H18O2. The van der Waals surface area contributed by atoms with Crippen molar-refractivity contribution in [3.8, 4) is 0 Å². The average Bonchev–Trinajstić information content (AvgIpc) is 2.04. The third kappa shape index (κ3) is 2.01. The summed E-state index contributed by atoms with van der Waals surface area (Å²) in [7, 11) is 1.63. The fraction of sp³-hybridized carbons (Fsp3) is 0.636. The van der Waals surface area contributed by atoms with Gasteiger partial charge in [0.15, 0.2) is 0 Å². The summed E-state index contributed by atoms with van der Waals surface area (Å²) in [5.41, 5.74) is 2.14. The first kappa shape index (κ1) is 10.5. The van der Waals surface area contributed by atoms with Crippen molar-refractivity contribution >= 4 is 0 Å². The lowest BCUT2D eigenvalue weighted by Crippen LogP contribution is -2.38. The van der Waals surface area contributed by atoms with Gasteiger partial charge >= 0.3 is 0 Å². The van der Waals surface area contributed by atoms with Crippen molar-refractivity contribution in [2.24, 2.45) is 5.92 Å². The molecule has 0 bridgehead atoms. The summed E-state index contributed by atoms with van der Waals surface area (Å²) in [5, 5.41) is 9.94. The largest absolute Gasteiger partial charge is 0.389 e. The molecule has 1 aliphatic rings. The van der Waals surface area contributed by atoms with Gasteiger partial charge in [-0.25, -0.2) is 0 Å². The van der Waals surface area contributed by atoms with Gasteiger partial charge in [0.25, 0.3) is 0 Å². The smallest absolute Gasteiger partial charge is 0.104 e. The van der Waals surface area contributed by atoms with Gasteiger partial charge in [-0.2, -0.15) is 0 Å². The number of aliphatic hydroxyl groups is 1. The molecule has 0 amide bonds. The second-order valence-corrected chi connectivity index (χ2v) is 3.78. The average molecular weight is 182 g/mol. The molecule has 1 N–H and O–H groups in total. The Morgan fingerprint density at radius 3 is 2.77 bits per heavy atom. The first-order chi connectivity index (χ1) is 6.07. The van der Waals surface area contributed by atoms with Gasteiger partial charge < -0.3 is 9.84 Å². The lowest BCUT2D eigenvalue weighted by molar-refractivity contribution is -0.0192. The molecule has 0 aromatic heterocycles. The molecule has 0 aromatic rings. The van der Waals surface area contributed by atoms with Crippen molar-refractivity contribution in [2.75, 3.05) is 7.11 Å². The normalized spacial score (nSPS) is 34.2. The molecule has 0 aliphatic heterocycles. The Kier molecular flexibility index (Phi) is 3.28. The Balaban J connectivity index is 2.82. The molecule has 0 radical (unpaired) electrons. The minimum Gasteiger partial charge on any atom is -0.389 e. The Bertz CT molecular complexity index is 228. The predicted octanol–water partition coefficient (Wildman–Crippen LogP) is 1.90. The number of ether oxygens (including phenoxy) is 1. The Morgan fingerprint density at radius 1 is 1.69 bits per heavy atom. The minimum atomic E-state index is -0.438. The van der Waals surface area contributed by atoms with Crippen LogP contribution in [0.5, 0.6) is 0 Å². The number of hydrogen-bond acceptors (Lipinski definition) is 2. The maximum absolute atomic E-state index is 9.94. The minimum absolute atomic E-state index is 0.147. The topological polar surface area (TPSA) is 29.5 Å². The van der Waals surface area contributed by atoms with Crippen LogP contribution in [0.1, 0.15) is 20.3 Å². The first-order valence-corrected chi connectivity index (χ1v) is 4.60. The van der Waals surface area contributed by atoms with Crippen LogP contribution < -0.4 is 0 Å². The molecule has 0 heterocycles. The summed E-state index contributed by atoms with van der Waals surface area (Å²) in [5.74, 6) is 0.147. The van der Waals surface area contributed by atoms with E-state index in [0.717, 1.165) is 17.6 Å². The number of hydrogen-bond donors (Lipinski definition) is 1. The third-order valence-corrected chi connectivity index (χ3v) is 2.75. The highest BCUT2D eigenvalue weighted by Crippen LogP contribution is 2.30. The zero-order valence-corrected chi connectivity index (χ0v) is 8.58. The summed E-state index contributed by atoms with van der Waals surface area (Å²) < 4.78 is 5.24. The maximum atomic E-state index is 9.94. The Labute approximate surface area is 79.9 Å². The number of allylic oxidation sites excluding steroid dienone is 1. The molecule has 0 spiro atoms. The van der Waals surface area contributed by atoms with Crippen LogP contribution in [0, 0.1) is 5.92 Å². The van der Waals surface area contributed by atoms with Gasteiger partial charge in [0.1, 0.15) is 6.10 Å². The van der Waals surface area contributed by atoms with E-state index < -0.39 is 6.10 Å². The van der Waals surface area contributed by atoms with Crippen LogP contribution in [0.25, 0.3) is 0 Å². The van der Waals surface area contributed by atoms with E-state index >= 15 is 0 Å². The van der Waals surface area contributed by atoms with E-state index in [2.05, 4.69) is 12.7 Å². The van der Waals surface area contributed by atoms with E-state index in [0.29, 0.717) is 0 Å². The van der Waals surface area contributed by atoms with Crippen molar-refractivity contribution in [2.45, 2.75) is 32.5 Å². The zero-order valence-electron chi connectivity index (χ0n) is 8.58. The van der Waals surface area contributed by atoms with Crippen LogP contribution in [0.4, 0.5) is 0 Å². The molecule has 3 atom stereocenters. The summed E-state index contributed by atoms with van der Waals surface area (Å²) in [4.78, 5) is 0. The molecule has 13 heavy (non-hydrogen) atoms.